The lowest BCUT2D eigenvalue weighted by Gasteiger charge is -2.37. The summed E-state index contributed by atoms with van der Waals surface area (Å²) >= 11 is 3.39. The van der Waals surface area contributed by atoms with E-state index in [1.165, 1.54) is 28.3 Å². The average Bonchev–Trinajstić information content (AvgIpc) is 3.09. The predicted molar refractivity (Wildman–Crippen MR) is 119 cm³/mol. The maximum Gasteiger partial charge on any atom is 0.132 e. The van der Waals surface area contributed by atoms with Gasteiger partial charge >= 0.3 is 0 Å². The van der Waals surface area contributed by atoms with Gasteiger partial charge in [0.1, 0.15) is 5.82 Å². The van der Waals surface area contributed by atoms with Crippen LogP contribution in [-0.4, -0.2) is 42.3 Å². The Morgan fingerprint density at radius 3 is 2.14 bits per heavy atom. The average molecular weight is 450 g/mol. The molecule has 146 valence electrons. The topological polar surface area (TPSA) is 18.8 Å². The zero-order valence-electron chi connectivity index (χ0n) is 15.9. The van der Waals surface area contributed by atoms with Crippen LogP contribution in [0, 0.1) is 5.82 Å². The normalized spacial score (nSPS) is 17.0. The molecule has 2 aliphatic rings. The van der Waals surface area contributed by atoms with Crippen molar-refractivity contribution in [2.45, 2.75) is 6.04 Å². The van der Waals surface area contributed by atoms with Crippen LogP contribution >= 0.6 is 15.9 Å². The number of hydrogen-bond acceptors (Lipinski definition) is 3. The number of hydrogen-bond donors (Lipinski definition) is 0. The highest BCUT2D eigenvalue weighted by molar-refractivity contribution is 9.10. The highest BCUT2D eigenvalue weighted by Gasteiger charge is 2.33. The van der Waals surface area contributed by atoms with Crippen LogP contribution in [0.2, 0.25) is 0 Å². The van der Waals surface area contributed by atoms with E-state index < -0.39 is 0 Å². The fourth-order valence-corrected chi connectivity index (χ4v) is 4.74. The minimum absolute atomic E-state index is 0.255. The van der Waals surface area contributed by atoms with E-state index in [4.69, 9.17) is 0 Å². The van der Waals surface area contributed by atoms with E-state index in [0.717, 1.165) is 30.7 Å². The monoisotopic (exact) mass is 449 g/mol. The fourth-order valence-electron chi connectivity index (χ4n) is 4.36. The van der Waals surface area contributed by atoms with Crippen molar-refractivity contribution in [3.8, 4) is 11.1 Å². The maximum absolute atomic E-state index is 13.9. The predicted octanol–water partition coefficient (Wildman–Crippen LogP) is 5.31. The van der Waals surface area contributed by atoms with E-state index in [9.17, 15) is 4.39 Å². The summed E-state index contributed by atoms with van der Waals surface area (Å²) in [4.78, 5) is 2.54. The lowest BCUT2D eigenvalue weighted by Crippen LogP contribution is -2.45. The van der Waals surface area contributed by atoms with Gasteiger partial charge in [0.05, 0.1) is 12.3 Å². The summed E-state index contributed by atoms with van der Waals surface area (Å²) in [5.41, 5.74) is 5.97. The highest BCUT2D eigenvalue weighted by Crippen LogP contribution is 2.46. The molecule has 0 bridgehead atoms. The summed E-state index contributed by atoms with van der Waals surface area (Å²) in [5, 5.41) is 6.56. The number of fused-ring (bicyclic) bond motifs is 3. The summed E-state index contributed by atoms with van der Waals surface area (Å²) in [5.74, 6) is -0.255. The Bertz CT molecular complexity index is 1030. The molecule has 1 saturated heterocycles. The second-order valence-corrected chi connectivity index (χ2v) is 8.39. The molecule has 0 N–H and O–H groups in total. The van der Waals surface area contributed by atoms with Crippen LogP contribution in [0.25, 0.3) is 11.1 Å². The van der Waals surface area contributed by atoms with E-state index >= 15 is 0 Å². The minimum Gasteiger partial charge on any atom is -0.294 e. The SMILES string of the molecule is Fc1ccc(Br)cc1/C=N\N1CCN(C2c3ccccc3-c3ccccc32)CC1. The van der Waals surface area contributed by atoms with Crippen LogP contribution in [0.4, 0.5) is 4.39 Å². The first-order valence-corrected chi connectivity index (χ1v) is 10.7. The summed E-state index contributed by atoms with van der Waals surface area (Å²) in [7, 11) is 0. The maximum atomic E-state index is 13.9. The molecule has 0 aromatic heterocycles. The van der Waals surface area contributed by atoms with Crippen LogP contribution < -0.4 is 0 Å². The molecule has 1 aliphatic carbocycles. The van der Waals surface area contributed by atoms with Crippen LogP contribution in [0.1, 0.15) is 22.7 Å². The molecule has 0 saturated carbocycles. The first kappa shape index (κ1) is 18.5. The third-order valence-electron chi connectivity index (χ3n) is 5.77. The van der Waals surface area contributed by atoms with Crippen LogP contribution in [0.5, 0.6) is 0 Å². The Hall–Kier alpha value is -2.50. The van der Waals surface area contributed by atoms with Gasteiger partial charge in [0.15, 0.2) is 0 Å². The Labute approximate surface area is 178 Å². The van der Waals surface area contributed by atoms with Gasteiger partial charge in [-0.25, -0.2) is 4.39 Å². The number of hydrazone groups is 1. The number of piperazine rings is 1. The zero-order valence-corrected chi connectivity index (χ0v) is 17.5. The molecule has 1 heterocycles. The molecule has 0 radical (unpaired) electrons. The molecule has 0 unspecified atom stereocenters. The van der Waals surface area contributed by atoms with E-state index in [-0.39, 0.29) is 5.82 Å². The number of halogens is 2. The summed E-state index contributed by atoms with van der Waals surface area (Å²) in [6.07, 6.45) is 1.62. The van der Waals surface area contributed by atoms with E-state index in [2.05, 4.69) is 74.5 Å². The van der Waals surface area contributed by atoms with Gasteiger partial charge in [-0.3, -0.25) is 9.91 Å². The van der Waals surface area contributed by atoms with Crippen molar-refractivity contribution in [3.05, 3.63) is 93.7 Å². The molecule has 1 fully saturated rings. The molecule has 1 aliphatic heterocycles. The first-order chi connectivity index (χ1) is 14.2. The molecule has 3 nitrogen and oxygen atoms in total. The summed E-state index contributed by atoms with van der Waals surface area (Å²) in [6.45, 7) is 3.50. The molecular weight excluding hydrogens is 429 g/mol. The quantitative estimate of drug-likeness (QED) is 0.504. The molecular formula is C24H21BrFN3. The number of benzene rings is 3. The van der Waals surface area contributed by atoms with Crippen molar-refractivity contribution in [1.29, 1.82) is 0 Å². The first-order valence-electron chi connectivity index (χ1n) is 9.87. The summed E-state index contributed by atoms with van der Waals surface area (Å²) < 4.78 is 14.8. The Balaban J connectivity index is 1.32. The van der Waals surface area contributed by atoms with Gasteiger partial charge in [0, 0.05) is 36.2 Å². The van der Waals surface area contributed by atoms with Crippen molar-refractivity contribution in [3.63, 3.8) is 0 Å². The Kier molecular flexibility index (Phi) is 4.94. The molecule has 29 heavy (non-hydrogen) atoms. The zero-order chi connectivity index (χ0) is 19.8. The van der Waals surface area contributed by atoms with Crippen molar-refractivity contribution < 1.29 is 4.39 Å². The number of rotatable bonds is 3. The largest absolute Gasteiger partial charge is 0.294 e. The smallest absolute Gasteiger partial charge is 0.132 e. The van der Waals surface area contributed by atoms with Crippen molar-refractivity contribution in [1.82, 2.24) is 9.91 Å². The standard InChI is InChI=1S/C24H21BrFN3/c25-18-9-10-23(26)17(15-18)16-27-29-13-11-28(12-14-29)24-21-7-3-1-5-19(21)20-6-2-4-8-22(20)24/h1-10,15-16,24H,11-14H2/b27-16-. The molecule has 0 amide bonds. The van der Waals surface area contributed by atoms with E-state index in [1.807, 2.05) is 5.01 Å². The third-order valence-corrected chi connectivity index (χ3v) is 6.27. The molecule has 5 rings (SSSR count). The fraction of sp³-hybridized carbons (Fsp3) is 0.208. The van der Waals surface area contributed by atoms with Crippen molar-refractivity contribution in [2.24, 2.45) is 5.10 Å². The Morgan fingerprint density at radius 2 is 1.48 bits per heavy atom. The van der Waals surface area contributed by atoms with Gasteiger partial charge < -0.3 is 0 Å². The van der Waals surface area contributed by atoms with Crippen molar-refractivity contribution in [2.75, 3.05) is 26.2 Å². The van der Waals surface area contributed by atoms with Gasteiger partial charge in [0.25, 0.3) is 0 Å². The van der Waals surface area contributed by atoms with Gasteiger partial charge in [-0.1, -0.05) is 64.5 Å². The molecule has 0 atom stereocenters. The summed E-state index contributed by atoms with van der Waals surface area (Å²) in [6, 6.07) is 22.6. The second-order valence-electron chi connectivity index (χ2n) is 7.48. The molecule has 3 aromatic carbocycles. The number of nitrogens with zero attached hydrogens (tertiary/aromatic N) is 3. The minimum atomic E-state index is -0.255. The molecule has 3 aromatic rings. The van der Waals surface area contributed by atoms with Gasteiger partial charge in [-0.15, -0.1) is 0 Å². The van der Waals surface area contributed by atoms with E-state index in [1.54, 1.807) is 18.3 Å². The Morgan fingerprint density at radius 1 is 0.862 bits per heavy atom. The highest BCUT2D eigenvalue weighted by atomic mass is 79.9. The van der Waals surface area contributed by atoms with Crippen LogP contribution in [-0.2, 0) is 0 Å². The van der Waals surface area contributed by atoms with Gasteiger partial charge in [-0.05, 0) is 40.5 Å². The lowest BCUT2D eigenvalue weighted by molar-refractivity contribution is 0.114. The third kappa shape index (κ3) is 3.49. The van der Waals surface area contributed by atoms with E-state index in [0.29, 0.717) is 11.6 Å². The molecule has 0 spiro atoms. The van der Waals surface area contributed by atoms with Crippen LogP contribution in [0.3, 0.4) is 0 Å². The van der Waals surface area contributed by atoms with Gasteiger partial charge in [-0.2, -0.15) is 5.10 Å². The van der Waals surface area contributed by atoms with Crippen molar-refractivity contribution >= 4 is 22.1 Å². The lowest BCUT2D eigenvalue weighted by atomic mass is 10.0. The van der Waals surface area contributed by atoms with Crippen LogP contribution in [0.15, 0.2) is 76.3 Å². The van der Waals surface area contributed by atoms with Gasteiger partial charge in [0.2, 0.25) is 0 Å². The second kappa shape index (κ2) is 7.73. The molecule has 5 heteroatoms.